The van der Waals surface area contributed by atoms with Gasteiger partial charge in [0.1, 0.15) is 36.6 Å². The molecule has 9 unspecified atom stereocenters. The second kappa shape index (κ2) is 17.8. The van der Waals surface area contributed by atoms with Gasteiger partial charge in [-0.3, -0.25) is 0 Å². The maximum atomic E-state index is 7.11. The quantitative estimate of drug-likeness (QED) is 0.236. The van der Waals surface area contributed by atoms with E-state index in [4.69, 9.17) is 61.6 Å². The summed E-state index contributed by atoms with van der Waals surface area (Å²) < 4.78 is 84.2. The number of fused-ring (bicyclic) bond motifs is 4. The zero-order chi connectivity index (χ0) is 39.9. The second-order valence-corrected chi connectivity index (χ2v) is 16.7. The molecule has 13 heteroatoms. The van der Waals surface area contributed by atoms with Gasteiger partial charge in [0.25, 0.3) is 0 Å². The smallest absolute Gasteiger partial charge is 0.163 e. The molecule has 6 saturated heterocycles. The Morgan fingerprint density at radius 3 is 1.50 bits per heavy atom. The Kier molecular flexibility index (Phi) is 12.5. The molecule has 316 valence electrons. The second-order valence-electron chi connectivity index (χ2n) is 16.7. The van der Waals surface area contributed by atoms with Crippen LogP contribution >= 0.6 is 0 Å². The van der Waals surface area contributed by atoms with Crippen molar-refractivity contribution in [1.82, 2.24) is 0 Å². The molecule has 3 aromatic rings. The topological polar surface area (TPSA) is 120 Å². The highest BCUT2D eigenvalue weighted by Crippen LogP contribution is 2.42. The molecular weight excluding hydrogens is 748 g/mol. The summed E-state index contributed by atoms with van der Waals surface area (Å²) in [5, 5.41) is 2.36. The van der Waals surface area contributed by atoms with Crippen molar-refractivity contribution in [3.8, 4) is 0 Å². The van der Waals surface area contributed by atoms with E-state index < -0.39 is 74.2 Å². The van der Waals surface area contributed by atoms with E-state index >= 15 is 0 Å². The van der Waals surface area contributed by atoms with Crippen LogP contribution in [0.25, 0.3) is 10.8 Å². The Bertz CT molecular complexity index is 1800. The van der Waals surface area contributed by atoms with Crippen LogP contribution in [-0.2, 0) is 74.8 Å². The summed E-state index contributed by atoms with van der Waals surface area (Å²) >= 11 is 0. The minimum Gasteiger partial charge on any atom is -0.370 e. The van der Waals surface area contributed by atoms with E-state index in [1.807, 2.05) is 57.2 Å². The predicted octanol–water partition coefficient (Wildman–Crippen LogP) is 6.08. The Hall–Kier alpha value is -2.60. The zero-order valence-corrected chi connectivity index (χ0v) is 34.2. The molecule has 3 aromatic carbocycles. The van der Waals surface area contributed by atoms with Crippen molar-refractivity contribution in [3.63, 3.8) is 0 Å². The molecule has 0 N–H and O–H groups in total. The van der Waals surface area contributed by atoms with Crippen molar-refractivity contribution in [3.05, 3.63) is 83.9 Å². The Labute approximate surface area is 340 Å². The summed E-state index contributed by atoms with van der Waals surface area (Å²) in [6.07, 6.45) is -6.88. The van der Waals surface area contributed by atoms with Gasteiger partial charge in [-0.25, -0.2) is 0 Å². The SMILES string of the molecule is CC1OCC2O[C@@H](O[C@@H]3C(C)[C@H](O[C@@H]4C(C)[C@H](OCc5ccccc5)OC5COC(C)O[C@@H]54)OC4COC(C)O[C@@H]43)C(C)[C@@H](OCc3ccc4ccccc4c3)[C@H]2O1. The molecule has 58 heavy (non-hydrogen) atoms. The maximum absolute atomic E-state index is 7.11. The summed E-state index contributed by atoms with van der Waals surface area (Å²) in [5.41, 5.74) is 2.13. The van der Waals surface area contributed by atoms with E-state index in [-0.39, 0.29) is 36.3 Å². The average Bonchev–Trinajstić information content (AvgIpc) is 3.23. The monoisotopic (exact) mass is 806 g/mol. The van der Waals surface area contributed by atoms with E-state index in [9.17, 15) is 0 Å². The molecule has 0 bridgehead atoms. The standard InChI is InChI=1S/C45H58O13/c1-24-37(49-20-31-16-17-32-14-10-11-15-33(32)18-31)40-34(21-46-27(4)51-40)55-44(24)58-39-26(3)45(56-36-23-48-29(6)53-42(36)39)57-38-25(2)43(50-19-30-12-8-7-9-13-30)54-35-22-47-28(5)52-41(35)38/h7-18,24-29,34-45H,19-23H2,1-6H3/t24?,25?,26?,27?,28?,29?,34?,35?,36?,37-,38-,39-,40+,41+,42+,43-,44+,45+/m1/s1. The first-order valence-corrected chi connectivity index (χ1v) is 21.0. The molecule has 0 amide bonds. The number of hydrogen-bond acceptors (Lipinski definition) is 13. The van der Waals surface area contributed by atoms with E-state index in [0.717, 1.165) is 11.1 Å². The van der Waals surface area contributed by atoms with Crippen LogP contribution in [0.4, 0.5) is 0 Å². The molecule has 0 radical (unpaired) electrons. The first kappa shape index (κ1) is 40.8. The van der Waals surface area contributed by atoms with Crippen molar-refractivity contribution in [2.24, 2.45) is 17.8 Å². The van der Waals surface area contributed by atoms with E-state index in [0.29, 0.717) is 33.0 Å². The molecule has 0 aromatic heterocycles. The lowest BCUT2D eigenvalue weighted by molar-refractivity contribution is -0.407. The molecule has 6 fully saturated rings. The summed E-state index contributed by atoms with van der Waals surface area (Å²) in [4.78, 5) is 0. The van der Waals surface area contributed by atoms with Crippen molar-refractivity contribution in [1.29, 1.82) is 0 Å². The highest BCUT2D eigenvalue weighted by molar-refractivity contribution is 5.82. The minimum absolute atomic E-state index is 0.213. The first-order chi connectivity index (χ1) is 28.2. The summed E-state index contributed by atoms with van der Waals surface area (Å²) in [7, 11) is 0. The third kappa shape index (κ3) is 8.62. The first-order valence-electron chi connectivity index (χ1n) is 21.0. The third-order valence-electron chi connectivity index (χ3n) is 12.5. The van der Waals surface area contributed by atoms with Gasteiger partial charge in [0.05, 0.1) is 51.3 Å². The highest BCUT2D eigenvalue weighted by Gasteiger charge is 2.56. The van der Waals surface area contributed by atoms with Crippen molar-refractivity contribution in [2.75, 3.05) is 19.8 Å². The van der Waals surface area contributed by atoms with Gasteiger partial charge in [-0.15, -0.1) is 0 Å². The highest BCUT2D eigenvalue weighted by atomic mass is 16.8. The molecule has 6 aliphatic rings. The van der Waals surface area contributed by atoms with E-state index in [2.05, 4.69) is 57.2 Å². The Morgan fingerprint density at radius 1 is 0.448 bits per heavy atom. The largest absolute Gasteiger partial charge is 0.370 e. The molecule has 6 aliphatic heterocycles. The number of rotatable bonds is 10. The summed E-state index contributed by atoms with van der Waals surface area (Å²) in [5.74, 6) is -0.728. The van der Waals surface area contributed by atoms with Crippen LogP contribution in [0.3, 0.4) is 0 Å². The lowest BCUT2D eigenvalue weighted by Gasteiger charge is -2.53. The Morgan fingerprint density at radius 2 is 0.914 bits per heavy atom. The molecule has 6 heterocycles. The number of hydrogen-bond donors (Lipinski definition) is 0. The van der Waals surface area contributed by atoms with Crippen LogP contribution in [0.5, 0.6) is 0 Å². The van der Waals surface area contributed by atoms with Crippen LogP contribution < -0.4 is 0 Å². The minimum atomic E-state index is -0.705. The fraction of sp³-hybridized carbons (Fsp3) is 0.644. The van der Waals surface area contributed by atoms with Crippen LogP contribution in [-0.4, -0.2) is 112 Å². The van der Waals surface area contributed by atoms with Gasteiger partial charge in [-0.05, 0) is 48.7 Å². The van der Waals surface area contributed by atoms with Gasteiger partial charge >= 0.3 is 0 Å². The van der Waals surface area contributed by atoms with Gasteiger partial charge < -0.3 is 61.6 Å². The van der Waals surface area contributed by atoms with Crippen molar-refractivity contribution in [2.45, 2.75) is 147 Å². The predicted molar refractivity (Wildman–Crippen MR) is 208 cm³/mol. The van der Waals surface area contributed by atoms with Crippen molar-refractivity contribution >= 4 is 10.8 Å². The van der Waals surface area contributed by atoms with Gasteiger partial charge in [0.2, 0.25) is 0 Å². The van der Waals surface area contributed by atoms with E-state index in [1.165, 1.54) is 10.8 Å². The van der Waals surface area contributed by atoms with Crippen LogP contribution in [0.2, 0.25) is 0 Å². The molecule has 18 atom stereocenters. The number of ether oxygens (including phenoxy) is 13. The van der Waals surface area contributed by atoms with Crippen molar-refractivity contribution < 1.29 is 61.6 Å². The van der Waals surface area contributed by atoms with Gasteiger partial charge in [-0.2, -0.15) is 0 Å². The molecule has 13 nitrogen and oxygen atoms in total. The molecular formula is C45H58O13. The van der Waals surface area contributed by atoms with Gasteiger partial charge in [0.15, 0.2) is 37.7 Å². The summed E-state index contributed by atoms with van der Waals surface area (Å²) in [6, 6.07) is 24.8. The van der Waals surface area contributed by atoms with E-state index in [1.54, 1.807) is 0 Å². The third-order valence-corrected chi connectivity index (χ3v) is 12.5. The lowest BCUT2D eigenvalue weighted by atomic mass is 9.88. The maximum Gasteiger partial charge on any atom is 0.163 e. The Balaban J connectivity index is 0.944. The average molecular weight is 807 g/mol. The fourth-order valence-electron chi connectivity index (χ4n) is 9.22. The van der Waals surface area contributed by atoms with Gasteiger partial charge in [0, 0.05) is 17.8 Å². The number of benzene rings is 3. The molecule has 0 aliphatic carbocycles. The molecule has 0 saturated carbocycles. The normalized spacial score (nSPS) is 42.9. The zero-order valence-electron chi connectivity index (χ0n) is 34.2. The van der Waals surface area contributed by atoms with Crippen LogP contribution in [0, 0.1) is 17.8 Å². The molecule has 0 spiro atoms. The van der Waals surface area contributed by atoms with Crippen LogP contribution in [0.15, 0.2) is 72.8 Å². The van der Waals surface area contributed by atoms with Gasteiger partial charge in [-0.1, -0.05) is 87.5 Å². The summed E-state index contributed by atoms with van der Waals surface area (Å²) in [6.45, 7) is 13.8. The molecule has 9 rings (SSSR count). The fourth-order valence-corrected chi connectivity index (χ4v) is 9.22. The van der Waals surface area contributed by atoms with Crippen LogP contribution in [0.1, 0.15) is 52.7 Å². The lowest BCUT2D eigenvalue weighted by Crippen LogP contribution is -2.66.